The van der Waals surface area contributed by atoms with E-state index in [-0.39, 0.29) is 5.92 Å². The first-order valence-electron chi connectivity index (χ1n) is 6.84. The number of aromatic nitrogens is 1. The number of hydrogen-bond acceptors (Lipinski definition) is 2. The molecule has 0 radical (unpaired) electrons. The van der Waals surface area contributed by atoms with E-state index in [2.05, 4.69) is 63.6 Å². The molecule has 5 heteroatoms. The molecule has 0 aliphatic rings. The number of aromatic amines is 1. The zero-order chi connectivity index (χ0) is 14.7. The Balaban J connectivity index is 1.97. The van der Waals surface area contributed by atoms with Crippen LogP contribution in [0, 0.1) is 0 Å². The molecular weight excluding hydrogens is 298 g/mol. The van der Waals surface area contributed by atoms with Crippen LogP contribution in [0.5, 0.6) is 0 Å². The monoisotopic (exact) mass is 315 g/mol. The highest BCUT2D eigenvalue weighted by Gasteiger charge is 2.19. The van der Waals surface area contributed by atoms with E-state index in [0.29, 0.717) is 5.11 Å². The second-order valence-electron chi connectivity index (χ2n) is 4.82. The van der Waals surface area contributed by atoms with Gasteiger partial charge in [-0.3, -0.25) is 0 Å². The van der Waals surface area contributed by atoms with Crippen molar-refractivity contribution < 1.29 is 0 Å². The van der Waals surface area contributed by atoms with Crippen molar-refractivity contribution in [1.82, 2.24) is 15.6 Å². The Hall–Kier alpha value is -1.85. The summed E-state index contributed by atoms with van der Waals surface area (Å²) in [5, 5.41) is 10.3. The number of fused-ring (bicyclic) bond motifs is 1. The molecule has 21 heavy (non-hydrogen) atoms. The summed E-state index contributed by atoms with van der Waals surface area (Å²) in [6.45, 7) is 0.780. The summed E-state index contributed by atoms with van der Waals surface area (Å²) in [6.07, 6.45) is 2.11. The molecule has 1 aromatic carbocycles. The Bertz CT molecular complexity index is 731. The molecule has 3 N–H and O–H groups in total. The topological polar surface area (TPSA) is 39.8 Å². The summed E-state index contributed by atoms with van der Waals surface area (Å²) in [6, 6.07) is 12.7. The van der Waals surface area contributed by atoms with Crippen LogP contribution in [0.25, 0.3) is 10.9 Å². The summed E-state index contributed by atoms with van der Waals surface area (Å²) in [5.41, 5.74) is 2.48. The van der Waals surface area contributed by atoms with E-state index in [9.17, 15) is 0 Å². The Morgan fingerprint density at radius 3 is 2.90 bits per heavy atom. The van der Waals surface area contributed by atoms with Gasteiger partial charge in [-0.1, -0.05) is 24.3 Å². The molecule has 0 bridgehead atoms. The maximum atomic E-state index is 5.20. The van der Waals surface area contributed by atoms with Gasteiger partial charge in [-0.2, -0.15) is 0 Å². The minimum absolute atomic E-state index is 0.285. The molecule has 0 aliphatic carbocycles. The maximum Gasteiger partial charge on any atom is 0.166 e. The molecule has 0 amide bonds. The number of rotatable bonds is 4. The summed E-state index contributed by atoms with van der Waals surface area (Å²) < 4.78 is 0. The van der Waals surface area contributed by atoms with Crippen molar-refractivity contribution in [3.8, 4) is 0 Å². The number of benzene rings is 1. The molecular formula is C16H17N3S2. The van der Waals surface area contributed by atoms with Crippen molar-refractivity contribution in [2.45, 2.75) is 5.92 Å². The van der Waals surface area contributed by atoms with Gasteiger partial charge in [-0.25, -0.2) is 0 Å². The Morgan fingerprint density at radius 2 is 2.14 bits per heavy atom. The Morgan fingerprint density at radius 1 is 1.29 bits per heavy atom. The predicted molar refractivity (Wildman–Crippen MR) is 94.1 cm³/mol. The molecule has 0 saturated carbocycles. The van der Waals surface area contributed by atoms with E-state index in [1.807, 2.05) is 7.05 Å². The highest BCUT2D eigenvalue weighted by Crippen LogP contribution is 2.32. The zero-order valence-electron chi connectivity index (χ0n) is 11.7. The third kappa shape index (κ3) is 2.94. The standard InChI is InChI=1S/C16H17N3S2/c1-17-16(20)19-10-13(15-7-4-8-21-15)12-9-18-14-6-3-2-5-11(12)14/h2-9,13,18H,10H2,1H3,(H2,17,19,20)/t13-/m1/s1. The fourth-order valence-corrected chi connectivity index (χ4v) is 3.45. The highest BCUT2D eigenvalue weighted by molar-refractivity contribution is 7.80. The summed E-state index contributed by atoms with van der Waals surface area (Å²) in [5.74, 6) is 0.285. The molecule has 0 unspecified atom stereocenters. The van der Waals surface area contributed by atoms with Gasteiger partial charge in [0.15, 0.2) is 5.11 Å². The number of thiophene rings is 1. The second kappa shape index (κ2) is 6.28. The quantitative estimate of drug-likeness (QED) is 0.646. The highest BCUT2D eigenvalue weighted by atomic mass is 32.1. The van der Waals surface area contributed by atoms with E-state index in [4.69, 9.17) is 12.2 Å². The molecule has 3 rings (SSSR count). The Kier molecular flexibility index (Phi) is 4.22. The third-order valence-electron chi connectivity index (χ3n) is 3.58. The molecule has 108 valence electrons. The van der Waals surface area contributed by atoms with Crippen LogP contribution < -0.4 is 10.6 Å². The number of hydrogen-bond donors (Lipinski definition) is 3. The van der Waals surface area contributed by atoms with Gasteiger partial charge in [-0.05, 0) is 35.3 Å². The normalized spacial score (nSPS) is 12.2. The van der Waals surface area contributed by atoms with Crippen LogP contribution in [0.1, 0.15) is 16.4 Å². The molecule has 3 aromatic rings. The lowest BCUT2D eigenvalue weighted by atomic mass is 9.97. The summed E-state index contributed by atoms with van der Waals surface area (Å²) >= 11 is 6.98. The molecule has 1 atom stereocenters. The van der Waals surface area contributed by atoms with E-state index < -0.39 is 0 Å². The van der Waals surface area contributed by atoms with E-state index in [0.717, 1.165) is 6.54 Å². The first kappa shape index (κ1) is 14.1. The van der Waals surface area contributed by atoms with Gasteiger partial charge in [0.1, 0.15) is 0 Å². The van der Waals surface area contributed by atoms with Crippen LogP contribution in [0.4, 0.5) is 0 Å². The molecule has 0 fully saturated rings. The lowest BCUT2D eigenvalue weighted by molar-refractivity contribution is 0.766. The smallest absolute Gasteiger partial charge is 0.166 e. The van der Waals surface area contributed by atoms with Crippen molar-refractivity contribution in [2.24, 2.45) is 0 Å². The molecule has 0 saturated heterocycles. The van der Waals surface area contributed by atoms with Gasteiger partial charge in [0.25, 0.3) is 0 Å². The molecule has 0 spiro atoms. The van der Waals surface area contributed by atoms with Crippen LogP contribution in [-0.2, 0) is 0 Å². The second-order valence-corrected chi connectivity index (χ2v) is 6.21. The SMILES string of the molecule is CNC(=S)NC[C@@H](c1cccs1)c1c[nH]c2ccccc12. The van der Waals surface area contributed by atoms with Gasteiger partial charge >= 0.3 is 0 Å². The van der Waals surface area contributed by atoms with Gasteiger partial charge < -0.3 is 15.6 Å². The number of thiocarbonyl (C=S) groups is 1. The number of para-hydroxylation sites is 1. The Labute approximate surface area is 133 Å². The van der Waals surface area contributed by atoms with Crippen LogP contribution >= 0.6 is 23.6 Å². The van der Waals surface area contributed by atoms with Crippen LogP contribution in [0.2, 0.25) is 0 Å². The lowest BCUT2D eigenvalue weighted by Gasteiger charge is -2.17. The lowest BCUT2D eigenvalue weighted by Crippen LogP contribution is -2.35. The van der Waals surface area contributed by atoms with Crippen molar-refractivity contribution in [1.29, 1.82) is 0 Å². The average molecular weight is 315 g/mol. The van der Waals surface area contributed by atoms with E-state index in [1.54, 1.807) is 11.3 Å². The number of nitrogens with one attached hydrogen (secondary N) is 3. The predicted octanol–water partition coefficient (Wildman–Crippen LogP) is 3.46. The largest absolute Gasteiger partial charge is 0.366 e. The van der Waals surface area contributed by atoms with Gasteiger partial charge in [0.05, 0.1) is 0 Å². The van der Waals surface area contributed by atoms with Crippen molar-refractivity contribution in [3.05, 3.63) is 58.4 Å². The first-order valence-corrected chi connectivity index (χ1v) is 8.13. The van der Waals surface area contributed by atoms with Crippen LogP contribution in [-0.4, -0.2) is 23.7 Å². The molecule has 0 aliphatic heterocycles. The summed E-state index contributed by atoms with van der Waals surface area (Å²) in [4.78, 5) is 4.70. The van der Waals surface area contributed by atoms with Crippen molar-refractivity contribution in [3.63, 3.8) is 0 Å². The molecule has 3 nitrogen and oxygen atoms in total. The van der Waals surface area contributed by atoms with Crippen molar-refractivity contribution in [2.75, 3.05) is 13.6 Å². The van der Waals surface area contributed by atoms with Crippen LogP contribution in [0.3, 0.4) is 0 Å². The summed E-state index contributed by atoms with van der Waals surface area (Å²) in [7, 11) is 1.83. The fraction of sp³-hybridized carbons (Fsp3) is 0.188. The molecule has 2 aromatic heterocycles. The van der Waals surface area contributed by atoms with Crippen molar-refractivity contribution >= 4 is 39.6 Å². The van der Waals surface area contributed by atoms with Gasteiger partial charge in [-0.15, -0.1) is 11.3 Å². The number of H-pyrrole nitrogens is 1. The van der Waals surface area contributed by atoms with Gasteiger partial charge in [0.2, 0.25) is 0 Å². The fourth-order valence-electron chi connectivity index (χ4n) is 2.52. The third-order valence-corrected chi connectivity index (χ3v) is 4.91. The minimum atomic E-state index is 0.285. The zero-order valence-corrected chi connectivity index (χ0v) is 13.4. The van der Waals surface area contributed by atoms with Gasteiger partial charge in [0, 0.05) is 41.5 Å². The maximum absolute atomic E-state index is 5.20. The van der Waals surface area contributed by atoms with E-state index >= 15 is 0 Å². The first-order chi connectivity index (χ1) is 10.3. The van der Waals surface area contributed by atoms with E-state index in [1.165, 1.54) is 21.3 Å². The molecule has 2 heterocycles. The minimum Gasteiger partial charge on any atom is -0.366 e. The average Bonchev–Trinajstić information content (AvgIpc) is 3.17. The van der Waals surface area contributed by atoms with Crippen LogP contribution in [0.15, 0.2) is 48.0 Å².